The van der Waals surface area contributed by atoms with Crippen molar-refractivity contribution in [3.05, 3.63) is 24.4 Å². The van der Waals surface area contributed by atoms with Gasteiger partial charge in [-0.1, -0.05) is 6.58 Å². The van der Waals surface area contributed by atoms with E-state index in [1.807, 2.05) is 0 Å². The van der Waals surface area contributed by atoms with Gasteiger partial charge in [-0.2, -0.15) is 0 Å². The first-order valence-corrected chi connectivity index (χ1v) is 11.9. The Morgan fingerprint density at radius 3 is 2.09 bits per heavy atom. The molecule has 0 bridgehead atoms. The lowest BCUT2D eigenvalue weighted by Gasteiger charge is -2.23. The summed E-state index contributed by atoms with van der Waals surface area (Å²) >= 11 is 0. The predicted octanol–water partition coefficient (Wildman–Crippen LogP) is -0.244. The van der Waals surface area contributed by atoms with Crippen molar-refractivity contribution < 1.29 is 19.1 Å². The Kier molecular flexibility index (Phi) is 14.1. The Balaban J connectivity index is 1.43. The third-order valence-electron chi connectivity index (χ3n) is 5.48. The van der Waals surface area contributed by atoms with E-state index in [-0.39, 0.29) is 11.7 Å². The molecule has 0 radical (unpaired) electrons. The third kappa shape index (κ3) is 11.8. The van der Waals surface area contributed by atoms with Gasteiger partial charge in [0.1, 0.15) is 5.78 Å². The molecule has 2 rings (SSSR count). The number of carbonyl (C=O) groups is 2. The predicted molar refractivity (Wildman–Crippen MR) is 126 cm³/mol. The molecular weight excluding hydrogens is 410 g/mol. The molecule has 0 aromatic rings. The Bertz CT molecular complexity index is 569. The molecule has 2 aliphatic rings. The Hall–Kier alpha value is -1.62. The van der Waals surface area contributed by atoms with Crippen LogP contribution in [-0.4, -0.2) is 113 Å². The average Bonchev–Trinajstić information content (AvgIpc) is 3.09. The normalized spacial score (nSPS) is 19.2. The van der Waals surface area contributed by atoms with Gasteiger partial charge in [0.2, 0.25) is 0 Å². The van der Waals surface area contributed by atoms with E-state index in [4.69, 9.17) is 9.47 Å². The van der Waals surface area contributed by atoms with Crippen molar-refractivity contribution in [1.29, 1.82) is 0 Å². The van der Waals surface area contributed by atoms with E-state index >= 15 is 0 Å². The fourth-order valence-corrected chi connectivity index (χ4v) is 3.57. The van der Waals surface area contributed by atoms with Crippen LogP contribution in [0.3, 0.4) is 0 Å². The number of ketones is 1. The van der Waals surface area contributed by atoms with Crippen LogP contribution in [0.2, 0.25) is 0 Å². The maximum Gasteiger partial charge on any atom is 0.251 e. The first-order valence-electron chi connectivity index (χ1n) is 11.9. The number of rotatable bonds is 13. The molecule has 32 heavy (non-hydrogen) atoms. The minimum absolute atomic E-state index is 0.0533. The summed E-state index contributed by atoms with van der Waals surface area (Å²) in [6.07, 6.45) is 5.15. The highest BCUT2D eigenvalue weighted by Crippen LogP contribution is 2.11. The number of Topliss-reactive ketones (excluding diaryl/α,β-unsaturated/α-hetero) is 1. The lowest BCUT2D eigenvalue weighted by Crippen LogP contribution is -2.42. The number of ether oxygens (including phenoxy) is 2. The minimum Gasteiger partial charge on any atom is -0.379 e. The number of amides is 1. The van der Waals surface area contributed by atoms with Crippen LogP contribution in [0.5, 0.6) is 0 Å². The smallest absolute Gasteiger partial charge is 0.251 e. The number of carbonyl (C=O) groups excluding carboxylic acids is 2. The number of nitrogens with one attached hydrogen (secondary N) is 3. The van der Waals surface area contributed by atoms with Gasteiger partial charge in [0.15, 0.2) is 0 Å². The molecular formula is C23H41N5O4. The fraction of sp³-hybridized carbons (Fsp3) is 0.739. The summed E-state index contributed by atoms with van der Waals surface area (Å²) < 4.78 is 11.0. The standard InChI is InChI=1S/C23H41N5O4/c1-21-4-5-23(30)28(21)16-18-32-20-19-31-17-6-22(29)3-2-13-27-14-11-25-9-7-24-8-10-26-12-15-27/h4-5,24-26H,1-3,6-20H2. The minimum atomic E-state index is -0.0533. The van der Waals surface area contributed by atoms with Gasteiger partial charge >= 0.3 is 0 Å². The molecule has 1 amide bonds. The molecule has 9 nitrogen and oxygen atoms in total. The number of allylic oxidation sites excluding steroid dienone is 1. The summed E-state index contributed by atoms with van der Waals surface area (Å²) in [6, 6.07) is 0. The van der Waals surface area contributed by atoms with Crippen LogP contribution in [0.4, 0.5) is 0 Å². The van der Waals surface area contributed by atoms with E-state index in [9.17, 15) is 9.59 Å². The zero-order valence-corrected chi connectivity index (χ0v) is 19.4. The van der Waals surface area contributed by atoms with Crippen molar-refractivity contribution in [2.24, 2.45) is 0 Å². The monoisotopic (exact) mass is 451 g/mol. The third-order valence-corrected chi connectivity index (χ3v) is 5.48. The molecule has 3 N–H and O–H groups in total. The van der Waals surface area contributed by atoms with Gasteiger partial charge in [-0.3, -0.25) is 9.59 Å². The second kappa shape index (κ2) is 16.9. The molecule has 0 unspecified atom stereocenters. The van der Waals surface area contributed by atoms with E-state index in [1.54, 1.807) is 11.0 Å². The van der Waals surface area contributed by atoms with Gasteiger partial charge < -0.3 is 35.2 Å². The second-order valence-electron chi connectivity index (χ2n) is 8.02. The zero-order valence-electron chi connectivity index (χ0n) is 19.4. The highest BCUT2D eigenvalue weighted by molar-refractivity contribution is 5.92. The Morgan fingerprint density at radius 2 is 1.47 bits per heavy atom. The summed E-state index contributed by atoms with van der Waals surface area (Å²) in [5, 5.41) is 10.3. The zero-order chi connectivity index (χ0) is 22.9. The molecule has 0 aliphatic carbocycles. The topological polar surface area (TPSA) is 95.2 Å². The van der Waals surface area contributed by atoms with Gasteiger partial charge in [-0.05, 0) is 19.0 Å². The van der Waals surface area contributed by atoms with E-state index in [1.165, 1.54) is 6.08 Å². The lowest BCUT2D eigenvalue weighted by molar-refractivity contribution is -0.123. The van der Waals surface area contributed by atoms with Crippen molar-refractivity contribution >= 4 is 11.7 Å². The first kappa shape index (κ1) is 26.6. The van der Waals surface area contributed by atoms with Gasteiger partial charge in [-0.15, -0.1) is 0 Å². The first-order chi connectivity index (χ1) is 15.7. The fourth-order valence-electron chi connectivity index (χ4n) is 3.57. The van der Waals surface area contributed by atoms with Crippen LogP contribution in [0.25, 0.3) is 0 Å². The maximum atomic E-state index is 12.1. The summed E-state index contributed by atoms with van der Waals surface area (Å²) in [6.45, 7) is 15.0. The van der Waals surface area contributed by atoms with Crippen molar-refractivity contribution in [3.63, 3.8) is 0 Å². The van der Waals surface area contributed by atoms with E-state index in [2.05, 4.69) is 27.4 Å². The molecule has 1 fully saturated rings. The summed E-state index contributed by atoms with van der Waals surface area (Å²) in [5.74, 6) is 0.198. The van der Waals surface area contributed by atoms with Crippen LogP contribution >= 0.6 is 0 Å². The van der Waals surface area contributed by atoms with Crippen LogP contribution < -0.4 is 16.0 Å². The SMILES string of the molecule is C=C1C=CC(=O)N1CCOCCOCCC(=O)CCCN1CCNCCNCCNCC1. The Morgan fingerprint density at radius 1 is 0.844 bits per heavy atom. The van der Waals surface area contributed by atoms with Gasteiger partial charge in [0, 0.05) is 83.5 Å². The van der Waals surface area contributed by atoms with Crippen molar-refractivity contribution in [3.8, 4) is 0 Å². The highest BCUT2D eigenvalue weighted by atomic mass is 16.5. The molecule has 9 heteroatoms. The molecule has 0 aromatic heterocycles. The molecule has 2 aliphatic heterocycles. The molecule has 0 atom stereocenters. The second-order valence-corrected chi connectivity index (χ2v) is 8.02. The molecule has 1 saturated heterocycles. The van der Waals surface area contributed by atoms with E-state index in [0.29, 0.717) is 51.5 Å². The maximum absolute atomic E-state index is 12.1. The number of hydrogen-bond donors (Lipinski definition) is 3. The number of hydrogen-bond acceptors (Lipinski definition) is 8. The summed E-state index contributed by atoms with van der Waals surface area (Å²) in [4.78, 5) is 27.7. The Labute approximate surface area is 192 Å². The van der Waals surface area contributed by atoms with Crippen LogP contribution in [0.1, 0.15) is 19.3 Å². The van der Waals surface area contributed by atoms with Crippen molar-refractivity contribution in [2.75, 3.05) is 91.9 Å². The molecule has 2 heterocycles. The van der Waals surface area contributed by atoms with E-state index < -0.39 is 0 Å². The molecule has 0 aromatic carbocycles. The van der Waals surface area contributed by atoms with Gasteiger partial charge in [-0.25, -0.2) is 0 Å². The largest absolute Gasteiger partial charge is 0.379 e. The van der Waals surface area contributed by atoms with Gasteiger partial charge in [0.25, 0.3) is 5.91 Å². The van der Waals surface area contributed by atoms with Crippen molar-refractivity contribution in [2.45, 2.75) is 19.3 Å². The molecule has 182 valence electrons. The average molecular weight is 452 g/mol. The van der Waals surface area contributed by atoms with Crippen LogP contribution in [-0.2, 0) is 19.1 Å². The van der Waals surface area contributed by atoms with Crippen LogP contribution in [0, 0.1) is 0 Å². The highest BCUT2D eigenvalue weighted by Gasteiger charge is 2.17. The van der Waals surface area contributed by atoms with Crippen molar-refractivity contribution in [1.82, 2.24) is 25.8 Å². The summed E-state index contributed by atoms with van der Waals surface area (Å²) in [7, 11) is 0. The number of nitrogens with zero attached hydrogens (tertiary/aromatic N) is 2. The molecule has 0 spiro atoms. The quantitative estimate of drug-likeness (QED) is 0.330. The van der Waals surface area contributed by atoms with Gasteiger partial charge in [0.05, 0.1) is 26.4 Å². The van der Waals surface area contributed by atoms with Crippen LogP contribution in [0.15, 0.2) is 24.4 Å². The van der Waals surface area contributed by atoms with E-state index in [0.717, 1.165) is 65.3 Å². The summed E-state index contributed by atoms with van der Waals surface area (Å²) in [5.41, 5.74) is 0.697. The lowest BCUT2D eigenvalue weighted by atomic mass is 10.1. The molecule has 0 saturated carbocycles.